The lowest BCUT2D eigenvalue weighted by atomic mass is 9.92. The predicted molar refractivity (Wildman–Crippen MR) is 88.0 cm³/mol. The number of hydrogen-bond donors (Lipinski definition) is 1. The van der Waals surface area contributed by atoms with Crippen LogP contribution in [-0.2, 0) is 6.42 Å². The minimum Gasteiger partial charge on any atom is -0.316 e. The van der Waals surface area contributed by atoms with Crippen molar-refractivity contribution in [3.63, 3.8) is 0 Å². The van der Waals surface area contributed by atoms with Gasteiger partial charge in [0, 0.05) is 29.3 Å². The summed E-state index contributed by atoms with van der Waals surface area (Å²) in [6.45, 7) is 4.27. The molecule has 2 aromatic rings. The van der Waals surface area contributed by atoms with E-state index in [9.17, 15) is 0 Å². The van der Waals surface area contributed by atoms with E-state index in [0.717, 1.165) is 24.0 Å². The van der Waals surface area contributed by atoms with Gasteiger partial charge in [-0.15, -0.1) is 0 Å². The number of hydrogen-bond acceptors (Lipinski definition) is 2. The number of rotatable bonds is 7. The van der Waals surface area contributed by atoms with Crippen molar-refractivity contribution in [1.82, 2.24) is 10.3 Å². The highest BCUT2D eigenvalue weighted by atomic mass is 79.9. The zero-order valence-electron chi connectivity index (χ0n) is 11.8. The fourth-order valence-electron chi connectivity index (χ4n) is 2.34. The van der Waals surface area contributed by atoms with Gasteiger partial charge in [-0.1, -0.05) is 37.3 Å². The number of pyridine rings is 1. The molecule has 0 spiro atoms. The van der Waals surface area contributed by atoms with Gasteiger partial charge in [-0.25, -0.2) is 0 Å². The second-order valence-electron chi connectivity index (χ2n) is 5.03. The minimum atomic E-state index is 0.485. The van der Waals surface area contributed by atoms with Crippen molar-refractivity contribution < 1.29 is 0 Å². The van der Waals surface area contributed by atoms with Gasteiger partial charge in [-0.3, -0.25) is 4.98 Å². The first-order valence-corrected chi connectivity index (χ1v) is 7.94. The number of benzene rings is 1. The molecule has 1 unspecified atom stereocenters. The summed E-state index contributed by atoms with van der Waals surface area (Å²) < 4.78 is 1.04. The Hall–Kier alpha value is -1.19. The van der Waals surface area contributed by atoms with E-state index >= 15 is 0 Å². The molecule has 1 N–H and O–H groups in total. The Bertz CT molecular complexity index is 513. The molecule has 1 aromatic carbocycles. The van der Waals surface area contributed by atoms with Gasteiger partial charge in [0.05, 0.1) is 0 Å². The Morgan fingerprint density at radius 2 is 2.00 bits per heavy atom. The van der Waals surface area contributed by atoms with Gasteiger partial charge in [-0.05, 0) is 52.5 Å². The first-order chi connectivity index (χ1) is 9.79. The Morgan fingerprint density at radius 1 is 1.20 bits per heavy atom. The monoisotopic (exact) mass is 332 g/mol. The zero-order chi connectivity index (χ0) is 14.2. The van der Waals surface area contributed by atoms with Crippen molar-refractivity contribution in [2.24, 2.45) is 0 Å². The van der Waals surface area contributed by atoms with E-state index < -0.39 is 0 Å². The van der Waals surface area contributed by atoms with Crippen molar-refractivity contribution >= 4 is 15.9 Å². The molecule has 20 heavy (non-hydrogen) atoms. The van der Waals surface area contributed by atoms with Crippen LogP contribution in [0.25, 0.3) is 0 Å². The summed E-state index contributed by atoms with van der Waals surface area (Å²) in [7, 11) is 0. The fourth-order valence-corrected chi connectivity index (χ4v) is 2.75. The lowest BCUT2D eigenvalue weighted by molar-refractivity contribution is 0.576. The van der Waals surface area contributed by atoms with E-state index in [1.807, 2.05) is 12.4 Å². The van der Waals surface area contributed by atoms with Crippen LogP contribution in [0.15, 0.2) is 53.3 Å². The maximum absolute atomic E-state index is 4.26. The van der Waals surface area contributed by atoms with Crippen LogP contribution >= 0.6 is 15.9 Å². The van der Waals surface area contributed by atoms with Crippen LogP contribution in [0.5, 0.6) is 0 Å². The highest BCUT2D eigenvalue weighted by Gasteiger charge is 2.12. The molecule has 0 bridgehead atoms. The van der Waals surface area contributed by atoms with Gasteiger partial charge in [0.25, 0.3) is 0 Å². The first kappa shape index (κ1) is 15.2. The van der Waals surface area contributed by atoms with Gasteiger partial charge in [0.1, 0.15) is 0 Å². The van der Waals surface area contributed by atoms with Crippen molar-refractivity contribution in [2.75, 3.05) is 13.1 Å². The SMILES string of the molecule is CCCNCC(Cc1cncc(Br)c1)c1ccccc1. The predicted octanol–water partition coefficient (Wildman–Crippen LogP) is 4.17. The number of aromatic nitrogens is 1. The molecule has 0 aliphatic rings. The summed E-state index contributed by atoms with van der Waals surface area (Å²) >= 11 is 3.49. The second-order valence-corrected chi connectivity index (χ2v) is 5.94. The highest BCUT2D eigenvalue weighted by molar-refractivity contribution is 9.10. The van der Waals surface area contributed by atoms with Crippen LogP contribution in [0.4, 0.5) is 0 Å². The molecule has 1 atom stereocenters. The molecule has 0 saturated heterocycles. The molecule has 0 radical (unpaired) electrons. The maximum atomic E-state index is 4.26. The Balaban J connectivity index is 2.10. The molecule has 0 saturated carbocycles. The average Bonchev–Trinajstić information content (AvgIpc) is 2.47. The number of nitrogens with one attached hydrogen (secondary N) is 1. The van der Waals surface area contributed by atoms with Crippen molar-refractivity contribution in [3.8, 4) is 0 Å². The number of halogens is 1. The Labute approximate surface area is 129 Å². The largest absolute Gasteiger partial charge is 0.316 e. The molecule has 0 fully saturated rings. The summed E-state index contributed by atoms with van der Waals surface area (Å²) in [5, 5.41) is 3.54. The summed E-state index contributed by atoms with van der Waals surface area (Å²) in [6.07, 6.45) is 5.96. The van der Waals surface area contributed by atoms with Crippen LogP contribution in [-0.4, -0.2) is 18.1 Å². The molecular formula is C17H21BrN2. The molecule has 1 heterocycles. The third-order valence-electron chi connectivity index (χ3n) is 3.33. The van der Waals surface area contributed by atoms with Crippen molar-refractivity contribution in [1.29, 1.82) is 0 Å². The molecule has 0 amide bonds. The Kier molecular flexibility index (Phi) is 6.22. The normalized spacial score (nSPS) is 12.3. The van der Waals surface area contributed by atoms with E-state index in [1.54, 1.807) is 0 Å². The van der Waals surface area contributed by atoms with Crippen LogP contribution in [0.1, 0.15) is 30.4 Å². The van der Waals surface area contributed by atoms with E-state index in [-0.39, 0.29) is 0 Å². The quantitative estimate of drug-likeness (QED) is 0.769. The van der Waals surface area contributed by atoms with Gasteiger partial charge < -0.3 is 5.32 Å². The van der Waals surface area contributed by atoms with Gasteiger partial charge in [0.15, 0.2) is 0 Å². The smallest absolute Gasteiger partial charge is 0.0410 e. The van der Waals surface area contributed by atoms with E-state index in [4.69, 9.17) is 0 Å². The second kappa shape index (κ2) is 8.18. The van der Waals surface area contributed by atoms with Crippen LogP contribution in [0.2, 0.25) is 0 Å². The van der Waals surface area contributed by atoms with E-state index in [0.29, 0.717) is 5.92 Å². The highest BCUT2D eigenvalue weighted by Crippen LogP contribution is 2.21. The standard InChI is InChI=1S/C17H21BrN2/c1-2-8-19-12-16(15-6-4-3-5-7-15)9-14-10-17(18)13-20-11-14/h3-7,10-11,13,16,19H,2,8-9,12H2,1H3. The molecule has 2 rings (SSSR count). The van der Waals surface area contributed by atoms with Crippen LogP contribution in [0, 0.1) is 0 Å². The molecule has 0 aliphatic carbocycles. The number of nitrogens with zero attached hydrogens (tertiary/aromatic N) is 1. The molecule has 0 aliphatic heterocycles. The molecule has 2 nitrogen and oxygen atoms in total. The maximum Gasteiger partial charge on any atom is 0.0410 e. The molecule has 106 valence electrons. The fraction of sp³-hybridized carbons (Fsp3) is 0.353. The van der Waals surface area contributed by atoms with E-state index in [2.05, 4.69) is 69.6 Å². The summed E-state index contributed by atoms with van der Waals surface area (Å²) in [5.41, 5.74) is 2.66. The first-order valence-electron chi connectivity index (χ1n) is 7.14. The molecular weight excluding hydrogens is 312 g/mol. The van der Waals surface area contributed by atoms with Crippen molar-refractivity contribution in [2.45, 2.75) is 25.7 Å². The van der Waals surface area contributed by atoms with Gasteiger partial charge in [-0.2, -0.15) is 0 Å². The summed E-state index contributed by atoms with van der Waals surface area (Å²) in [5.74, 6) is 0.485. The average molecular weight is 333 g/mol. The third-order valence-corrected chi connectivity index (χ3v) is 3.77. The topological polar surface area (TPSA) is 24.9 Å². The zero-order valence-corrected chi connectivity index (χ0v) is 13.4. The molecule has 1 aromatic heterocycles. The minimum absolute atomic E-state index is 0.485. The summed E-state index contributed by atoms with van der Waals surface area (Å²) in [4.78, 5) is 4.26. The van der Waals surface area contributed by atoms with Gasteiger partial charge in [0.2, 0.25) is 0 Å². The Morgan fingerprint density at radius 3 is 2.70 bits per heavy atom. The van der Waals surface area contributed by atoms with Crippen LogP contribution < -0.4 is 5.32 Å². The lowest BCUT2D eigenvalue weighted by Gasteiger charge is -2.18. The van der Waals surface area contributed by atoms with Crippen LogP contribution in [0.3, 0.4) is 0 Å². The van der Waals surface area contributed by atoms with Crippen molar-refractivity contribution in [3.05, 3.63) is 64.4 Å². The molecule has 3 heteroatoms. The van der Waals surface area contributed by atoms with E-state index in [1.165, 1.54) is 17.5 Å². The summed E-state index contributed by atoms with van der Waals surface area (Å²) in [6, 6.07) is 12.9. The van der Waals surface area contributed by atoms with Gasteiger partial charge >= 0.3 is 0 Å². The third kappa shape index (κ3) is 4.73. The lowest BCUT2D eigenvalue weighted by Crippen LogP contribution is -2.23.